The van der Waals surface area contributed by atoms with Crippen molar-refractivity contribution in [2.75, 3.05) is 0 Å². The molecule has 0 aromatic carbocycles. The van der Waals surface area contributed by atoms with E-state index < -0.39 is 0 Å². The number of aliphatic hydroxyl groups excluding tert-OH is 1. The van der Waals surface area contributed by atoms with Crippen LogP contribution in [0.5, 0.6) is 0 Å². The highest BCUT2D eigenvalue weighted by Gasteiger charge is 2.60. The molecule has 0 aromatic heterocycles. The summed E-state index contributed by atoms with van der Waals surface area (Å²) < 4.78 is 0. The third-order valence-corrected chi connectivity index (χ3v) is 17.6. The van der Waals surface area contributed by atoms with Gasteiger partial charge in [0.05, 0.1) is 5.76 Å². The van der Waals surface area contributed by atoms with E-state index in [0.717, 1.165) is 62.2 Å². The highest BCUT2D eigenvalue weighted by atomic mass is 16.3. The van der Waals surface area contributed by atoms with Gasteiger partial charge < -0.3 is 5.11 Å². The van der Waals surface area contributed by atoms with E-state index in [-0.39, 0.29) is 51.7 Å². The lowest BCUT2D eigenvalue weighted by Crippen LogP contribution is -2.53. The number of carbonyl (C=O) groups is 4. The molecule has 7 atom stereocenters. The number of hydrogen-bond donors (Lipinski definition) is 1. The maximum absolute atomic E-state index is 12.9. The molecular weight excluding hydrogens is 729 g/mol. The van der Waals surface area contributed by atoms with E-state index in [1.807, 2.05) is 48.5 Å². The minimum absolute atomic E-state index is 0.0907. The van der Waals surface area contributed by atoms with Crippen molar-refractivity contribution in [3.63, 3.8) is 0 Å². The quantitative estimate of drug-likeness (QED) is 0.0868. The standard InChI is InChI=1S/C31H56O4.C21H34O.C2H6/c1-23(2)30(6,7)28(34)20-18-26(19-21-29(35)31(8,9)24(3)4)22-27(33)17-15-13-11-10-12-14-16-25(5)32;1-14(22)17-9-10-18-16-8-7-15-6-4-5-12-20(15,2)19(16)11-13-21(17,18)3;1-2/h23-24,26,32H,5,10-22H2,1-4,6-9H3;15-19H,4-13H2,1-3H3;1-2H3. The lowest BCUT2D eigenvalue weighted by atomic mass is 9.45. The van der Waals surface area contributed by atoms with Crippen molar-refractivity contribution in [2.45, 2.75) is 238 Å². The van der Waals surface area contributed by atoms with Gasteiger partial charge in [0.2, 0.25) is 0 Å². The molecule has 0 amide bonds. The highest BCUT2D eigenvalue weighted by molar-refractivity contribution is 5.85. The van der Waals surface area contributed by atoms with E-state index in [1.165, 1.54) is 64.2 Å². The second kappa shape index (κ2) is 24.2. The summed E-state index contributed by atoms with van der Waals surface area (Å²) in [4.78, 5) is 50.7. The van der Waals surface area contributed by atoms with Gasteiger partial charge in [-0.1, -0.05) is 128 Å². The van der Waals surface area contributed by atoms with Crippen LogP contribution in [0.3, 0.4) is 0 Å². The molecule has 1 N–H and O–H groups in total. The van der Waals surface area contributed by atoms with Crippen LogP contribution in [-0.4, -0.2) is 28.2 Å². The number of Topliss-reactive ketones (excluding diaryl/α,β-unsaturated/α-hetero) is 4. The fourth-order valence-corrected chi connectivity index (χ4v) is 12.1. The van der Waals surface area contributed by atoms with Crippen molar-refractivity contribution < 1.29 is 24.3 Å². The van der Waals surface area contributed by atoms with Gasteiger partial charge in [0.15, 0.2) is 0 Å². The zero-order valence-electron chi connectivity index (χ0n) is 41.2. The first-order valence-corrected chi connectivity index (χ1v) is 25.0. The molecule has 4 aliphatic carbocycles. The van der Waals surface area contributed by atoms with Crippen LogP contribution >= 0.6 is 0 Å². The number of aliphatic hydroxyl groups is 1. The molecule has 0 heterocycles. The molecule has 4 fully saturated rings. The second-order valence-corrected chi connectivity index (χ2v) is 22.2. The molecule has 4 rings (SSSR count). The van der Waals surface area contributed by atoms with Gasteiger partial charge in [-0.3, -0.25) is 19.2 Å². The van der Waals surface area contributed by atoms with Crippen LogP contribution in [0.4, 0.5) is 0 Å². The molecule has 59 heavy (non-hydrogen) atoms. The van der Waals surface area contributed by atoms with Crippen LogP contribution in [0.25, 0.3) is 0 Å². The maximum Gasteiger partial charge on any atom is 0.138 e. The molecular formula is C54H96O5. The van der Waals surface area contributed by atoms with Crippen molar-refractivity contribution in [3.05, 3.63) is 12.3 Å². The maximum atomic E-state index is 12.9. The fourth-order valence-electron chi connectivity index (χ4n) is 12.1. The van der Waals surface area contributed by atoms with Gasteiger partial charge in [0.1, 0.15) is 23.1 Å². The van der Waals surface area contributed by atoms with E-state index in [4.69, 9.17) is 5.11 Å². The van der Waals surface area contributed by atoms with Gasteiger partial charge in [-0.15, -0.1) is 0 Å². The van der Waals surface area contributed by atoms with Crippen LogP contribution < -0.4 is 0 Å². The Kier molecular flexibility index (Phi) is 21.9. The van der Waals surface area contributed by atoms with Crippen LogP contribution in [0.2, 0.25) is 0 Å². The number of allylic oxidation sites excluding steroid dienone is 1. The topological polar surface area (TPSA) is 88.5 Å². The monoisotopic (exact) mass is 825 g/mol. The minimum atomic E-state index is -0.367. The lowest BCUT2D eigenvalue weighted by molar-refractivity contribution is -0.133. The molecule has 0 spiro atoms. The Morgan fingerprint density at radius 1 is 0.644 bits per heavy atom. The van der Waals surface area contributed by atoms with Crippen LogP contribution in [-0.2, 0) is 19.2 Å². The van der Waals surface area contributed by atoms with Crippen LogP contribution in [0, 0.1) is 69.0 Å². The van der Waals surface area contributed by atoms with E-state index in [2.05, 4.69) is 48.1 Å². The largest absolute Gasteiger partial charge is 0.513 e. The van der Waals surface area contributed by atoms with Crippen molar-refractivity contribution in [3.8, 4) is 0 Å². The van der Waals surface area contributed by atoms with Gasteiger partial charge in [-0.25, -0.2) is 0 Å². The zero-order chi connectivity index (χ0) is 44.8. The molecule has 0 aliphatic heterocycles. The summed E-state index contributed by atoms with van der Waals surface area (Å²) in [6.45, 7) is 30.8. The Morgan fingerprint density at radius 2 is 1.15 bits per heavy atom. The summed E-state index contributed by atoms with van der Waals surface area (Å²) in [7, 11) is 0. The van der Waals surface area contributed by atoms with Crippen molar-refractivity contribution >= 4 is 23.1 Å². The molecule has 0 radical (unpaired) electrons. The van der Waals surface area contributed by atoms with E-state index in [9.17, 15) is 19.2 Å². The van der Waals surface area contributed by atoms with E-state index >= 15 is 0 Å². The predicted molar refractivity (Wildman–Crippen MR) is 249 cm³/mol. The van der Waals surface area contributed by atoms with Gasteiger partial charge in [-0.2, -0.15) is 0 Å². The number of unbranched alkanes of at least 4 members (excludes halogenated alkanes) is 5. The summed E-state index contributed by atoms with van der Waals surface area (Å²) in [5.41, 5.74) is 0.241. The molecule has 4 aliphatic rings. The van der Waals surface area contributed by atoms with Gasteiger partial charge in [0, 0.05) is 48.9 Å². The first-order valence-electron chi connectivity index (χ1n) is 25.0. The Balaban J connectivity index is 0.000000422. The molecule has 342 valence electrons. The Bertz CT molecular complexity index is 1300. The van der Waals surface area contributed by atoms with Crippen LogP contribution in [0.1, 0.15) is 238 Å². The van der Waals surface area contributed by atoms with Crippen molar-refractivity contribution in [1.82, 2.24) is 0 Å². The number of hydrogen-bond acceptors (Lipinski definition) is 5. The Morgan fingerprint density at radius 3 is 1.66 bits per heavy atom. The van der Waals surface area contributed by atoms with Gasteiger partial charge in [0.25, 0.3) is 0 Å². The van der Waals surface area contributed by atoms with E-state index in [0.29, 0.717) is 67.5 Å². The number of ketones is 4. The van der Waals surface area contributed by atoms with Gasteiger partial charge >= 0.3 is 0 Å². The van der Waals surface area contributed by atoms with Crippen molar-refractivity contribution in [2.24, 2.45) is 69.0 Å². The summed E-state index contributed by atoms with van der Waals surface area (Å²) in [5, 5.41) is 9.12. The molecule has 5 heteroatoms. The molecule has 5 nitrogen and oxygen atoms in total. The van der Waals surface area contributed by atoms with Gasteiger partial charge in [-0.05, 0) is 136 Å². The Hall–Kier alpha value is -1.78. The zero-order valence-corrected chi connectivity index (χ0v) is 41.2. The van der Waals surface area contributed by atoms with E-state index in [1.54, 1.807) is 0 Å². The summed E-state index contributed by atoms with van der Waals surface area (Å²) in [5.74, 6) is 6.26. The minimum Gasteiger partial charge on any atom is -0.513 e. The molecule has 4 saturated carbocycles. The average Bonchev–Trinajstić information content (AvgIpc) is 3.54. The molecule has 0 bridgehead atoms. The number of fused-ring (bicyclic) bond motifs is 5. The smallest absolute Gasteiger partial charge is 0.138 e. The van der Waals surface area contributed by atoms with Crippen LogP contribution in [0.15, 0.2) is 12.3 Å². The first kappa shape index (κ1) is 53.4. The second-order valence-electron chi connectivity index (χ2n) is 22.2. The fraction of sp³-hybridized carbons (Fsp3) is 0.889. The normalized spacial score (nSPS) is 27.8. The predicted octanol–water partition coefficient (Wildman–Crippen LogP) is 15.5. The molecule has 7 unspecified atom stereocenters. The third-order valence-electron chi connectivity index (χ3n) is 17.6. The average molecular weight is 825 g/mol. The SMILES string of the molecule is C=C(O)CCCCCCCCC(=O)CC(CCC(=O)C(C)(C)C(C)C)CCC(=O)C(C)(C)C(C)C.CC.CC(=O)C1CCC2C3CCC4CCCCC4(C)C3CCC12C. The summed E-state index contributed by atoms with van der Waals surface area (Å²) in [6.07, 6.45) is 24.4. The molecule has 0 saturated heterocycles. The Labute approximate surface area is 365 Å². The highest BCUT2D eigenvalue weighted by Crippen LogP contribution is 2.67. The third kappa shape index (κ3) is 14.4. The first-order chi connectivity index (χ1) is 27.6. The molecule has 0 aromatic rings. The van der Waals surface area contributed by atoms with Crippen molar-refractivity contribution in [1.29, 1.82) is 0 Å². The lowest BCUT2D eigenvalue weighted by Gasteiger charge is -2.60. The number of rotatable bonds is 22. The number of carbonyl (C=O) groups excluding carboxylic acids is 4. The summed E-state index contributed by atoms with van der Waals surface area (Å²) in [6, 6.07) is 0. The summed E-state index contributed by atoms with van der Waals surface area (Å²) >= 11 is 0.